The summed E-state index contributed by atoms with van der Waals surface area (Å²) in [5, 5.41) is 6.00. The van der Waals surface area contributed by atoms with Crippen molar-refractivity contribution in [3.63, 3.8) is 0 Å². The van der Waals surface area contributed by atoms with Crippen molar-refractivity contribution < 1.29 is 13.9 Å². The zero-order valence-electron chi connectivity index (χ0n) is 10.1. The minimum Gasteiger partial charge on any atom is -0.491 e. The highest BCUT2D eigenvalue weighted by molar-refractivity contribution is 5.93. The van der Waals surface area contributed by atoms with Gasteiger partial charge in [0.25, 0.3) is 0 Å². The third-order valence-electron chi connectivity index (χ3n) is 2.88. The first-order chi connectivity index (χ1) is 8.79. The van der Waals surface area contributed by atoms with Gasteiger partial charge in [0.05, 0.1) is 5.92 Å². The van der Waals surface area contributed by atoms with E-state index in [2.05, 4.69) is 10.6 Å². The number of carbonyl (C=O) groups excluding carboxylic acids is 1. The summed E-state index contributed by atoms with van der Waals surface area (Å²) >= 11 is 0. The van der Waals surface area contributed by atoms with E-state index in [0.717, 1.165) is 19.5 Å². The second-order valence-electron chi connectivity index (χ2n) is 4.24. The van der Waals surface area contributed by atoms with Gasteiger partial charge in [-0.1, -0.05) is 6.07 Å². The molecule has 0 saturated carbocycles. The number of nitrogens with one attached hydrogen (secondary N) is 2. The molecule has 1 amide bonds. The maximum Gasteiger partial charge on any atom is 0.228 e. The first kappa shape index (κ1) is 12.8. The monoisotopic (exact) mass is 252 g/mol. The quantitative estimate of drug-likeness (QED) is 0.836. The van der Waals surface area contributed by atoms with Gasteiger partial charge < -0.3 is 15.4 Å². The second-order valence-corrected chi connectivity index (χ2v) is 4.24. The minimum atomic E-state index is -0.523. The molecule has 18 heavy (non-hydrogen) atoms. The Labute approximate surface area is 106 Å². The smallest absolute Gasteiger partial charge is 0.228 e. The van der Waals surface area contributed by atoms with Crippen LogP contribution in [0.5, 0.6) is 5.75 Å². The van der Waals surface area contributed by atoms with Crippen LogP contribution in [-0.2, 0) is 4.79 Å². The van der Waals surface area contributed by atoms with E-state index in [1.807, 2.05) is 0 Å². The Morgan fingerprint density at radius 1 is 1.56 bits per heavy atom. The number of amides is 1. The van der Waals surface area contributed by atoms with Gasteiger partial charge in [0, 0.05) is 18.3 Å². The normalized spacial score (nSPS) is 18.6. The number of carbonyl (C=O) groups is 1. The Kier molecular flexibility index (Phi) is 4.52. The van der Waals surface area contributed by atoms with Crippen molar-refractivity contribution in [2.75, 3.05) is 31.7 Å². The molecular formula is C13H17FN2O2. The summed E-state index contributed by atoms with van der Waals surface area (Å²) in [5.41, 5.74) is 0.684. The predicted octanol–water partition coefficient (Wildman–Crippen LogP) is 1.58. The highest BCUT2D eigenvalue weighted by Crippen LogP contribution is 2.19. The molecule has 1 saturated heterocycles. The molecule has 1 unspecified atom stereocenters. The molecule has 0 aliphatic carbocycles. The molecule has 1 aromatic rings. The lowest BCUT2D eigenvalue weighted by molar-refractivity contribution is -0.119. The van der Waals surface area contributed by atoms with Gasteiger partial charge in [-0.2, -0.15) is 0 Å². The number of alkyl halides is 1. The summed E-state index contributed by atoms with van der Waals surface area (Å²) in [4.78, 5) is 11.9. The van der Waals surface area contributed by atoms with E-state index in [0.29, 0.717) is 11.4 Å². The number of halogens is 1. The van der Waals surface area contributed by atoms with E-state index in [9.17, 15) is 9.18 Å². The maximum atomic E-state index is 12.0. The topological polar surface area (TPSA) is 50.4 Å². The Hall–Kier alpha value is -1.62. The van der Waals surface area contributed by atoms with Crippen LogP contribution in [0.25, 0.3) is 0 Å². The Morgan fingerprint density at radius 3 is 3.17 bits per heavy atom. The molecule has 1 aliphatic rings. The number of anilines is 1. The molecule has 98 valence electrons. The van der Waals surface area contributed by atoms with Crippen molar-refractivity contribution in [3.8, 4) is 5.75 Å². The van der Waals surface area contributed by atoms with Crippen molar-refractivity contribution in [3.05, 3.63) is 24.3 Å². The van der Waals surface area contributed by atoms with Crippen LogP contribution in [0.2, 0.25) is 0 Å². The van der Waals surface area contributed by atoms with Gasteiger partial charge in [-0.05, 0) is 25.1 Å². The number of hydrogen-bond acceptors (Lipinski definition) is 3. The van der Waals surface area contributed by atoms with Crippen LogP contribution in [0.4, 0.5) is 10.1 Å². The van der Waals surface area contributed by atoms with Gasteiger partial charge in [-0.25, -0.2) is 4.39 Å². The molecule has 0 aromatic heterocycles. The van der Waals surface area contributed by atoms with Crippen LogP contribution < -0.4 is 15.4 Å². The van der Waals surface area contributed by atoms with Crippen molar-refractivity contribution in [2.45, 2.75) is 6.42 Å². The lowest BCUT2D eigenvalue weighted by Crippen LogP contribution is -2.24. The average molecular weight is 252 g/mol. The lowest BCUT2D eigenvalue weighted by Gasteiger charge is -2.11. The summed E-state index contributed by atoms with van der Waals surface area (Å²) in [6.45, 7) is 1.12. The standard InChI is InChI=1S/C13H17FN2O2/c14-5-7-18-12-3-1-2-11(8-12)16-13(17)10-4-6-15-9-10/h1-3,8,10,15H,4-7,9H2,(H,16,17). The molecule has 1 heterocycles. The molecule has 1 aromatic carbocycles. The molecule has 1 fully saturated rings. The van der Waals surface area contributed by atoms with Crippen molar-refractivity contribution in [2.24, 2.45) is 5.92 Å². The van der Waals surface area contributed by atoms with E-state index in [4.69, 9.17) is 4.74 Å². The molecular weight excluding hydrogens is 235 g/mol. The highest BCUT2D eigenvalue weighted by atomic mass is 19.1. The first-order valence-electron chi connectivity index (χ1n) is 6.10. The third-order valence-corrected chi connectivity index (χ3v) is 2.88. The molecule has 1 aliphatic heterocycles. The zero-order valence-corrected chi connectivity index (χ0v) is 10.1. The summed E-state index contributed by atoms with van der Waals surface area (Å²) in [6.07, 6.45) is 0.865. The van der Waals surface area contributed by atoms with E-state index < -0.39 is 6.67 Å². The second kappa shape index (κ2) is 6.35. The van der Waals surface area contributed by atoms with Gasteiger partial charge in [0.15, 0.2) is 0 Å². The Bertz CT molecular complexity index is 406. The van der Waals surface area contributed by atoms with Crippen molar-refractivity contribution in [1.29, 1.82) is 0 Å². The van der Waals surface area contributed by atoms with Crippen LogP contribution in [0.3, 0.4) is 0 Å². The number of benzene rings is 1. The molecule has 0 bridgehead atoms. The van der Waals surface area contributed by atoms with Crippen LogP contribution in [0.1, 0.15) is 6.42 Å². The summed E-state index contributed by atoms with van der Waals surface area (Å²) in [7, 11) is 0. The van der Waals surface area contributed by atoms with Crippen molar-refractivity contribution in [1.82, 2.24) is 5.32 Å². The van der Waals surface area contributed by atoms with Gasteiger partial charge in [-0.3, -0.25) is 4.79 Å². The third kappa shape index (κ3) is 3.43. The van der Waals surface area contributed by atoms with Crippen LogP contribution in [-0.4, -0.2) is 32.3 Å². The van der Waals surface area contributed by atoms with Crippen LogP contribution >= 0.6 is 0 Å². The summed E-state index contributed by atoms with van der Waals surface area (Å²) < 4.78 is 17.2. The SMILES string of the molecule is O=C(Nc1cccc(OCCF)c1)C1CCNC1. The number of ether oxygens (including phenoxy) is 1. The molecule has 5 heteroatoms. The van der Waals surface area contributed by atoms with E-state index in [1.54, 1.807) is 24.3 Å². The van der Waals surface area contributed by atoms with E-state index in [-0.39, 0.29) is 18.4 Å². The predicted molar refractivity (Wildman–Crippen MR) is 67.5 cm³/mol. The lowest BCUT2D eigenvalue weighted by atomic mass is 10.1. The van der Waals surface area contributed by atoms with Crippen LogP contribution in [0, 0.1) is 5.92 Å². The Morgan fingerprint density at radius 2 is 2.44 bits per heavy atom. The van der Waals surface area contributed by atoms with Gasteiger partial charge in [0.2, 0.25) is 5.91 Å². The first-order valence-corrected chi connectivity index (χ1v) is 6.10. The molecule has 2 N–H and O–H groups in total. The highest BCUT2D eigenvalue weighted by Gasteiger charge is 2.22. The largest absolute Gasteiger partial charge is 0.491 e. The maximum absolute atomic E-state index is 12.0. The average Bonchev–Trinajstić information content (AvgIpc) is 2.91. The minimum absolute atomic E-state index is 0.0163. The number of rotatable bonds is 5. The van der Waals surface area contributed by atoms with Gasteiger partial charge >= 0.3 is 0 Å². The van der Waals surface area contributed by atoms with Gasteiger partial charge in [0.1, 0.15) is 19.0 Å². The molecule has 1 atom stereocenters. The van der Waals surface area contributed by atoms with E-state index in [1.165, 1.54) is 0 Å². The molecule has 2 rings (SSSR count). The fourth-order valence-corrected chi connectivity index (χ4v) is 1.94. The van der Waals surface area contributed by atoms with Gasteiger partial charge in [-0.15, -0.1) is 0 Å². The Balaban J connectivity index is 1.93. The van der Waals surface area contributed by atoms with Crippen LogP contribution in [0.15, 0.2) is 24.3 Å². The summed E-state index contributed by atoms with van der Waals surface area (Å²) in [5.74, 6) is 0.609. The van der Waals surface area contributed by atoms with Crippen molar-refractivity contribution >= 4 is 11.6 Å². The fourth-order valence-electron chi connectivity index (χ4n) is 1.94. The molecule has 0 spiro atoms. The van der Waals surface area contributed by atoms with E-state index >= 15 is 0 Å². The molecule has 4 nitrogen and oxygen atoms in total. The fraction of sp³-hybridized carbons (Fsp3) is 0.462. The zero-order chi connectivity index (χ0) is 12.8. The molecule has 0 radical (unpaired) electrons. The summed E-state index contributed by atoms with van der Waals surface area (Å²) in [6, 6.07) is 7.01. The number of hydrogen-bond donors (Lipinski definition) is 2.